The molecule has 7 nitrogen and oxygen atoms in total. The molecule has 1 amide bonds. The molecule has 0 unspecified atom stereocenters. The third-order valence-corrected chi connectivity index (χ3v) is 5.23. The van der Waals surface area contributed by atoms with Gasteiger partial charge in [-0.3, -0.25) is 14.8 Å². The van der Waals surface area contributed by atoms with Gasteiger partial charge in [0.25, 0.3) is 0 Å². The summed E-state index contributed by atoms with van der Waals surface area (Å²) in [5.41, 5.74) is 2.85. The number of aryl methyl sites for hydroxylation is 1. The normalized spacial score (nSPS) is 19.9. The number of anilines is 1. The Morgan fingerprint density at radius 3 is 2.70 bits per heavy atom. The van der Waals surface area contributed by atoms with Gasteiger partial charge in [0, 0.05) is 43.4 Å². The molecule has 140 valence electrons. The maximum atomic E-state index is 12.5. The number of carbonyl (C=O) groups excluding carboxylic acids is 1. The van der Waals surface area contributed by atoms with Crippen LogP contribution in [-0.2, 0) is 16.6 Å². The van der Waals surface area contributed by atoms with Crippen molar-refractivity contribution in [1.29, 1.82) is 0 Å². The van der Waals surface area contributed by atoms with Gasteiger partial charge in [0.2, 0.25) is 11.9 Å². The van der Waals surface area contributed by atoms with E-state index in [0.29, 0.717) is 5.95 Å². The first-order valence-corrected chi connectivity index (χ1v) is 9.22. The first-order chi connectivity index (χ1) is 13.1. The summed E-state index contributed by atoms with van der Waals surface area (Å²) < 4.78 is 7.14. The number of nitrogens with zero attached hydrogens (tertiary/aromatic N) is 4. The van der Waals surface area contributed by atoms with Crippen molar-refractivity contribution in [2.75, 3.05) is 12.4 Å². The molecule has 0 spiro atoms. The van der Waals surface area contributed by atoms with Crippen molar-refractivity contribution in [3.63, 3.8) is 0 Å². The van der Waals surface area contributed by atoms with Gasteiger partial charge in [-0.2, -0.15) is 5.10 Å². The molecule has 1 saturated carbocycles. The smallest absolute Gasteiger partial charge is 0.229 e. The Bertz CT molecular complexity index is 960. The minimum Gasteiger partial charge on any atom is -0.381 e. The maximum Gasteiger partial charge on any atom is 0.229 e. The van der Waals surface area contributed by atoms with E-state index in [1.165, 1.54) is 0 Å². The van der Waals surface area contributed by atoms with Crippen molar-refractivity contribution < 1.29 is 9.53 Å². The molecule has 0 saturated heterocycles. The Kier molecular flexibility index (Phi) is 4.85. The molecule has 1 aliphatic carbocycles. The molecule has 0 atom stereocenters. The van der Waals surface area contributed by atoms with Crippen LogP contribution in [-0.4, -0.2) is 38.9 Å². The van der Waals surface area contributed by atoms with Gasteiger partial charge >= 0.3 is 0 Å². The van der Waals surface area contributed by atoms with E-state index in [1.54, 1.807) is 18.0 Å². The Morgan fingerprint density at radius 1 is 1.19 bits per heavy atom. The third kappa shape index (κ3) is 3.83. The van der Waals surface area contributed by atoms with Crippen LogP contribution in [0.15, 0.2) is 36.8 Å². The summed E-state index contributed by atoms with van der Waals surface area (Å²) in [4.78, 5) is 21.4. The van der Waals surface area contributed by atoms with Gasteiger partial charge in [-0.15, -0.1) is 0 Å². The third-order valence-electron chi connectivity index (χ3n) is 5.23. The summed E-state index contributed by atoms with van der Waals surface area (Å²) in [5.74, 6) is 0.342. The van der Waals surface area contributed by atoms with Crippen molar-refractivity contribution >= 4 is 22.8 Å². The lowest BCUT2D eigenvalue weighted by molar-refractivity contribution is -0.121. The van der Waals surface area contributed by atoms with Crippen molar-refractivity contribution in [2.24, 2.45) is 13.0 Å². The van der Waals surface area contributed by atoms with Crippen LogP contribution in [0.5, 0.6) is 0 Å². The number of carbonyl (C=O) groups is 1. The standard InChI is InChI=1S/C20H23N5O2/c1-25-12-16(11-22-25)14-3-4-15-10-21-20(23-18(15)9-14)24-19(26)13-5-7-17(27-2)8-6-13/h3-4,9-13,17H,5-8H2,1-2H3,(H,21,23,24,26). The summed E-state index contributed by atoms with van der Waals surface area (Å²) in [5, 5.41) is 8.02. The van der Waals surface area contributed by atoms with E-state index >= 15 is 0 Å². The highest BCUT2D eigenvalue weighted by Crippen LogP contribution is 2.27. The van der Waals surface area contributed by atoms with Crippen LogP contribution >= 0.6 is 0 Å². The topological polar surface area (TPSA) is 81.9 Å². The first kappa shape index (κ1) is 17.6. The van der Waals surface area contributed by atoms with Gasteiger partial charge in [0.05, 0.1) is 17.8 Å². The maximum absolute atomic E-state index is 12.5. The number of fused-ring (bicyclic) bond motifs is 1. The average molecular weight is 365 g/mol. The zero-order valence-electron chi connectivity index (χ0n) is 15.6. The first-order valence-electron chi connectivity index (χ1n) is 9.22. The van der Waals surface area contributed by atoms with Gasteiger partial charge in [0.15, 0.2) is 0 Å². The van der Waals surface area contributed by atoms with Gasteiger partial charge < -0.3 is 4.74 Å². The number of rotatable bonds is 4. The summed E-state index contributed by atoms with van der Waals surface area (Å²) >= 11 is 0. The summed E-state index contributed by atoms with van der Waals surface area (Å²) in [6, 6.07) is 6.00. The van der Waals surface area contributed by atoms with Crippen molar-refractivity contribution in [3.8, 4) is 11.1 Å². The van der Waals surface area contributed by atoms with Crippen molar-refractivity contribution in [2.45, 2.75) is 31.8 Å². The molecule has 0 aliphatic heterocycles. The van der Waals surface area contributed by atoms with E-state index in [-0.39, 0.29) is 17.9 Å². The summed E-state index contributed by atoms with van der Waals surface area (Å²) in [7, 11) is 3.62. The Labute approximate surface area is 157 Å². The van der Waals surface area contributed by atoms with Gasteiger partial charge in [0.1, 0.15) is 0 Å². The van der Waals surface area contributed by atoms with Gasteiger partial charge in [-0.05, 0) is 37.3 Å². The fourth-order valence-electron chi connectivity index (χ4n) is 3.61. The number of amides is 1. The molecule has 3 aromatic rings. The molecule has 7 heteroatoms. The molecule has 1 aromatic carbocycles. The summed E-state index contributed by atoms with van der Waals surface area (Å²) in [6.07, 6.45) is 9.31. The van der Waals surface area contributed by atoms with E-state index in [2.05, 4.69) is 20.4 Å². The number of nitrogens with one attached hydrogen (secondary N) is 1. The molecule has 1 aliphatic rings. The zero-order valence-corrected chi connectivity index (χ0v) is 15.6. The molecule has 0 bridgehead atoms. The second kappa shape index (κ2) is 7.44. The number of methoxy groups -OCH3 is 1. The molecular weight excluding hydrogens is 342 g/mol. The molecule has 4 rings (SSSR count). The van der Waals surface area contributed by atoms with E-state index in [0.717, 1.165) is 47.7 Å². The Balaban J connectivity index is 1.51. The Hall–Kier alpha value is -2.80. The van der Waals surface area contributed by atoms with Crippen LogP contribution in [0.25, 0.3) is 22.0 Å². The van der Waals surface area contributed by atoms with Crippen molar-refractivity contribution in [3.05, 3.63) is 36.8 Å². The molecule has 1 fully saturated rings. The monoisotopic (exact) mass is 365 g/mol. The average Bonchev–Trinajstić information content (AvgIpc) is 3.14. The van der Waals surface area contributed by atoms with Crippen LogP contribution < -0.4 is 5.32 Å². The zero-order chi connectivity index (χ0) is 18.8. The quantitative estimate of drug-likeness (QED) is 0.768. The van der Waals surface area contributed by atoms with E-state index in [4.69, 9.17) is 4.74 Å². The minimum atomic E-state index is -0.00711. The number of hydrogen-bond donors (Lipinski definition) is 1. The van der Waals surface area contributed by atoms with E-state index < -0.39 is 0 Å². The van der Waals surface area contributed by atoms with E-state index in [1.807, 2.05) is 37.6 Å². The summed E-state index contributed by atoms with van der Waals surface area (Å²) in [6.45, 7) is 0. The highest BCUT2D eigenvalue weighted by Gasteiger charge is 2.26. The largest absolute Gasteiger partial charge is 0.381 e. The van der Waals surface area contributed by atoms with Crippen molar-refractivity contribution in [1.82, 2.24) is 19.7 Å². The van der Waals surface area contributed by atoms with Crippen LogP contribution in [0.4, 0.5) is 5.95 Å². The lowest BCUT2D eigenvalue weighted by atomic mass is 9.87. The molecule has 2 heterocycles. The van der Waals surface area contributed by atoms with Crippen LogP contribution in [0.2, 0.25) is 0 Å². The fourth-order valence-corrected chi connectivity index (χ4v) is 3.61. The number of hydrogen-bond acceptors (Lipinski definition) is 5. The predicted octanol–water partition coefficient (Wildman–Crippen LogP) is 3.17. The SMILES string of the molecule is COC1CCC(C(=O)Nc2ncc3ccc(-c4cnn(C)c4)cc3n2)CC1. The molecule has 27 heavy (non-hydrogen) atoms. The van der Waals surface area contributed by atoms with Crippen LogP contribution in [0.3, 0.4) is 0 Å². The van der Waals surface area contributed by atoms with Crippen LogP contribution in [0, 0.1) is 5.92 Å². The number of aromatic nitrogens is 4. The minimum absolute atomic E-state index is 0.00238. The molecule has 1 N–H and O–H groups in total. The Morgan fingerprint density at radius 2 is 2.00 bits per heavy atom. The van der Waals surface area contributed by atoms with E-state index in [9.17, 15) is 4.79 Å². The lowest BCUT2D eigenvalue weighted by Crippen LogP contribution is -2.30. The predicted molar refractivity (Wildman–Crippen MR) is 103 cm³/mol. The van der Waals surface area contributed by atoms with Gasteiger partial charge in [-0.25, -0.2) is 9.97 Å². The number of benzene rings is 1. The second-order valence-corrected chi connectivity index (χ2v) is 7.07. The molecule has 0 radical (unpaired) electrons. The number of ether oxygens (including phenoxy) is 1. The highest BCUT2D eigenvalue weighted by atomic mass is 16.5. The second-order valence-electron chi connectivity index (χ2n) is 7.07. The molecular formula is C20H23N5O2. The van der Waals surface area contributed by atoms with Crippen LogP contribution in [0.1, 0.15) is 25.7 Å². The fraction of sp³-hybridized carbons (Fsp3) is 0.400. The highest BCUT2D eigenvalue weighted by molar-refractivity contribution is 5.92. The van der Waals surface area contributed by atoms with Gasteiger partial charge in [-0.1, -0.05) is 12.1 Å². The molecule has 2 aromatic heterocycles. The lowest BCUT2D eigenvalue weighted by Gasteiger charge is -2.26.